The van der Waals surface area contributed by atoms with Gasteiger partial charge in [0.25, 0.3) is 5.91 Å². The highest BCUT2D eigenvalue weighted by Gasteiger charge is 2.32. The average molecular weight is 487 g/mol. The molecule has 2 N–H and O–H groups in total. The van der Waals surface area contributed by atoms with Crippen LogP contribution >= 0.6 is 0 Å². The highest BCUT2D eigenvalue weighted by molar-refractivity contribution is 5.94. The Morgan fingerprint density at radius 2 is 1.97 bits per heavy atom. The van der Waals surface area contributed by atoms with E-state index in [1.165, 1.54) is 11.8 Å². The molecule has 4 aromatic rings. The molecule has 1 saturated heterocycles. The number of nitrogens with zero attached hydrogens (tertiary/aromatic N) is 6. The molecule has 0 unspecified atom stereocenters. The highest BCUT2D eigenvalue weighted by Crippen LogP contribution is 2.29. The summed E-state index contributed by atoms with van der Waals surface area (Å²) in [6.07, 6.45) is 5.54. The lowest BCUT2D eigenvalue weighted by atomic mass is 10.0. The molecule has 10 heteroatoms. The third-order valence-electron chi connectivity index (χ3n) is 7.00. The van der Waals surface area contributed by atoms with Gasteiger partial charge < -0.3 is 19.7 Å². The van der Waals surface area contributed by atoms with E-state index < -0.39 is 5.82 Å². The first-order chi connectivity index (χ1) is 17.5. The Hall–Kier alpha value is -4.21. The number of nitrogens with one attached hydrogen (secondary N) is 2. The first-order valence-electron chi connectivity index (χ1n) is 12.1. The van der Waals surface area contributed by atoms with Crippen molar-refractivity contribution in [3.63, 3.8) is 0 Å². The summed E-state index contributed by atoms with van der Waals surface area (Å²) in [5, 5.41) is 9.84. The number of halogens is 1. The molecule has 3 aromatic heterocycles. The third kappa shape index (κ3) is 3.98. The number of H-pyrrole nitrogens is 1. The first-order valence-corrected chi connectivity index (χ1v) is 12.1. The number of hydrogen-bond acceptors (Lipinski definition) is 6. The predicted molar refractivity (Wildman–Crippen MR) is 135 cm³/mol. The van der Waals surface area contributed by atoms with Gasteiger partial charge in [0.15, 0.2) is 11.6 Å². The molecule has 0 bridgehead atoms. The largest absolute Gasteiger partial charge is 0.342 e. The summed E-state index contributed by atoms with van der Waals surface area (Å²) in [6, 6.07) is 9.64. The minimum Gasteiger partial charge on any atom is -0.342 e. The van der Waals surface area contributed by atoms with Crippen LogP contribution in [0.5, 0.6) is 0 Å². The third-order valence-corrected chi connectivity index (χ3v) is 7.00. The van der Waals surface area contributed by atoms with E-state index in [-0.39, 0.29) is 11.7 Å². The molecular formula is C26H27FN8O. The number of hydrogen-bond donors (Lipinski definition) is 2. The smallest absolute Gasteiger partial charge is 0.270 e. The second-order valence-electron chi connectivity index (χ2n) is 9.60. The van der Waals surface area contributed by atoms with Gasteiger partial charge in [0, 0.05) is 49.8 Å². The van der Waals surface area contributed by atoms with Gasteiger partial charge in [0.2, 0.25) is 5.95 Å². The number of carbonyl (C=O) groups excluding carboxylic acids is 1. The van der Waals surface area contributed by atoms with Crippen molar-refractivity contribution < 1.29 is 9.18 Å². The molecule has 0 radical (unpaired) electrons. The predicted octanol–water partition coefficient (Wildman–Crippen LogP) is 3.74. The number of likely N-dealkylation sites (tertiary alicyclic amines) is 1. The monoisotopic (exact) mass is 486 g/mol. The highest BCUT2D eigenvalue weighted by atomic mass is 19.1. The first kappa shape index (κ1) is 22.3. The van der Waals surface area contributed by atoms with Gasteiger partial charge in [-0.1, -0.05) is 19.1 Å². The number of aromatic nitrogens is 5. The zero-order chi connectivity index (χ0) is 24.8. The molecule has 0 aliphatic carbocycles. The standard InChI is InChI=1S/C26H27FN8O/c1-16-13-35(14-16)25(36)22-9-18-7-8-34(15-23(18)33(22)2)26-28-12-21(27)24(32-26)31-20-5-3-17(4-6-20)19-10-29-30-11-19/h3-6,9-12,16H,7-8,13-15H2,1-2H3,(H,29,30)(H,28,31,32). The van der Waals surface area contributed by atoms with Crippen LogP contribution in [0, 0.1) is 11.7 Å². The second kappa shape index (κ2) is 8.78. The number of carbonyl (C=O) groups is 1. The average Bonchev–Trinajstić information content (AvgIpc) is 3.52. The normalized spacial score (nSPS) is 15.5. The van der Waals surface area contributed by atoms with Crippen molar-refractivity contribution in [2.75, 3.05) is 29.9 Å². The molecule has 1 aromatic carbocycles. The van der Waals surface area contributed by atoms with Crippen LogP contribution in [-0.2, 0) is 20.0 Å². The molecule has 5 heterocycles. The van der Waals surface area contributed by atoms with Gasteiger partial charge in [-0.2, -0.15) is 10.1 Å². The van der Waals surface area contributed by atoms with E-state index in [1.807, 2.05) is 57.9 Å². The van der Waals surface area contributed by atoms with Crippen LogP contribution in [0.15, 0.2) is 48.9 Å². The fraction of sp³-hybridized carbons (Fsp3) is 0.308. The summed E-state index contributed by atoms with van der Waals surface area (Å²) in [7, 11) is 1.94. The summed E-state index contributed by atoms with van der Waals surface area (Å²) in [4.78, 5) is 25.6. The Bertz CT molecular complexity index is 1410. The Morgan fingerprint density at radius 3 is 2.69 bits per heavy atom. The van der Waals surface area contributed by atoms with Crippen molar-refractivity contribution in [3.05, 3.63) is 71.7 Å². The lowest BCUT2D eigenvalue weighted by molar-refractivity contribution is 0.0520. The van der Waals surface area contributed by atoms with Crippen LogP contribution in [0.1, 0.15) is 28.7 Å². The van der Waals surface area contributed by atoms with Gasteiger partial charge in [-0.25, -0.2) is 9.37 Å². The molecule has 0 atom stereocenters. The van der Waals surface area contributed by atoms with E-state index in [1.54, 1.807) is 6.20 Å². The van der Waals surface area contributed by atoms with Crippen LogP contribution in [0.4, 0.5) is 21.8 Å². The minimum absolute atomic E-state index is 0.0832. The maximum atomic E-state index is 14.6. The van der Waals surface area contributed by atoms with E-state index >= 15 is 0 Å². The van der Waals surface area contributed by atoms with Crippen molar-refractivity contribution in [2.45, 2.75) is 19.9 Å². The summed E-state index contributed by atoms with van der Waals surface area (Å²) < 4.78 is 16.6. The van der Waals surface area contributed by atoms with E-state index in [0.29, 0.717) is 25.0 Å². The van der Waals surface area contributed by atoms with Crippen molar-refractivity contribution >= 4 is 23.4 Å². The van der Waals surface area contributed by atoms with Gasteiger partial charge in [-0.05, 0) is 41.7 Å². The zero-order valence-corrected chi connectivity index (χ0v) is 20.2. The number of benzene rings is 1. The molecule has 6 rings (SSSR count). The van der Waals surface area contributed by atoms with E-state index in [9.17, 15) is 9.18 Å². The summed E-state index contributed by atoms with van der Waals surface area (Å²) in [5.41, 5.74) is 5.66. The number of rotatable bonds is 5. The topological polar surface area (TPSA) is 95.0 Å². The lowest BCUT2D eigenvalue weighted by Crippen LogP contribution is -2.49. The molecule has 2 aliphatic heterocycles. The number of amides is 1. The Kier molecular flexibility index (Phi) is 5.43. The molecular weight excluding hydrogens is 459 g/mol. The molecule has 36 heavy (non-hydrogen) atoms. The maximum Gasteiger partial charge on any atom is 0.270 e. The van der Waals surface area contributed by atoms with Crippen molar-refractivity contribution in [2.24, 2.45) is 13.0 Å². The van der Waals surface area contributed by atoms with Gasteiger partial charge >= 0.3 is 0 Å². The van der Waals surface area contributed by atoms with Gasteiger partial charge in [-0.15, -0.1) is 0 Å². The second-order valence-corrected chi connectivity index (χ2v) is 9.60. The molecule has 0 saturated carbocycles. The zero-order valence-electron chi connectivity index (χ0n) is 20.2. The SMILES string of the molecule is CC1CN(C(=O)c2cc3c(n2C)CN(c2ncc(F)c(Nc4ccc(-c5cn[nH]c5)cc4)n2)CC3)C1. The van der Waals surface area contributed by atoms with Crippen molar-refractivity contribution in [1.29, 1.82) is 0 Å². The summed E-state index contributed by atoms with van der Waals surface area (Å²) in [5.74, 6) is 0.694. The van der Waals surface area contributed by atoms with E-state index in [4.69, 9.17) is 0 Å². The van der Waals surface area contributed by atoms with Crippen LogP contribution in [0.3, 0.4) is 0 Å². The maximum absolute atomic E-state index is 14.6. The van der Waals surface area contributed by atoms with Crippen LogP contribution in [-0.4, -0.2) is 55.2 Å². The number of anilines is 3. The summed E-state index contributed by atoms with van der Waals surface area (Å²) >= 11 is 0. The molecule has 1 amide bonds. The lowest BCUT2D eigenvalue weighted by Gasteiger charge is -2.37. The van der Waals surface area contributed by atoms with Crippen LogP contribution < -0.4 is 10.2 Å². The molecule has 184 valence electrons. The molecule has 9 nitrogen and oxygen atoms in total. The summed E-state index contributed by atoms with van der Waals surface area (Å²) in [6.45, 7) is 5.02. The fourth-order valence-corrected chi connectivity index (χ4v) is 4.94. The molecule has 0 spiro atoms. The van der Waals surface area contributed by atoms with E-state index in [0.717, 1.165) is 47.7 Å². The van der Waals surface area contributed by atoms with E-state index in [2.05, 4.69) is 32.4 Å². The fourth-order valence-electron chi connectivity index (χ4n) is 4.94. The van der Waals surface area contributed by atoms with Gasteiger partial charge in [-0.3, -0.25) is 9.89 Å². The van der Waals surface area contributed by atoms with Crippen molar-refractivity contribution in [3.8, 4) is 11.1 Å². The molecule has 2 aliphatic rings. The quantitative estimate of drug-likeness (QED) is 0.446. The van der Waals surface area contributed by atoms with Gasteiger partial charge in [0.05, 0.1) is 18.9 Å². The number of fused-ring (bicyclic) bond motifs is 1. The number of aromatic amines is 1. The van der Waals surface area contributed by atoms with Crippen molar-refractivity contribution in [1.82, 2.24) is 29.6 Å². The van der Waals surface area contributed by atoms with Gasteiger partial charge in [0.1, 0.15) is 5.69 Å². The minimum atomic E-state index is -0.522. The molecule has 1 fully saturated rings. The Labute approximate surface area is 208 Å². The van der Waals surface area contributed by atoms with Crippen LogP contribution in [0.25, 0.3) is 11.1 Å². The Morgan fingerprint density at radius 1 is 1.17 bits per heavy atom. The Balaban J connectivity index is 1.20. The van der Waals surface area contributed by atoms with Crippen LogP contribution in [0.2, 0.25) is 0 Å².